The lowest BCUT2D eigenvalue weighted by atomic mass is 10.1. The van der Waals surface area contributed by atoms with Gasteiger partial charge in [-0.2, -0.15) is 0 Å². The quantitative estimate of drug-likeness (QED) is 0.0964. The van der Waals surface area contributed by atoms with E-state index in [1.165, 1.54) is 0 Å². The lowest BCUT2D eigenvalue weighted by Gasteiger charge is -2.38. The molecule has 10 heteroatoms. The number of rotatable bonds is 16. The van der Waals surface area contributed by atoms with Gasteiger partial charge in [0.25, 0.3) is 0 Å². The minimum atomic E-state index is -2.20. The van der Waals surface area contributed by atoms with Gasteiger partial charge in [0.1, 0.15) is 17.3 Å². The molecule has 3 amide bonds. The normalized spacial score (nSPS) is 22.8. The molecule has 1 aliphatic heterocycles. The summed E-state index contributed by atoms with van der Waals surface area (Å²) in [7, 11) is -0.575. The summed E-state index contributed by atoms with van der Waals surface area (Å²) in [6.45, 7) is 21.8. The van der Waals surface area contributed by atoms with Crippen LogP contribution in [-0.4, -0.2) is 80.5 Å². The van der Waals surface area contributed by atoms with Gasteiger partial charge in [0, 0.05) is 32.0 Å². The molecule has 45 heavy (non-hydrogen) atoms. The highest BCUT2D eigenvalue weighted by Crippen LogP contribution is 2.46. The van der Waals surface area contributed by atoms with E-state index in [-0.39, 0.29) is 35.6 Å². The van der Waals surface area contributed by atoms with Crippen molar-refractivity contribution in [3.8, 4) is 5.75 Å². The number of carbonyl (C=O) groups excluding carboxylic acids is 3. The molecule has 2 aliphatic rings. The van der Waals surface area contributed by atoms with Gasteiger partial charge in [-0.1, -0.05) is 51.5 Å². The van der Waals surface area contributed by atoms with Crippen LogP contribution in [0.25, 0.3) is 0 Å². The molecule has 250 valence electrons. The van der Waals surface area contributed by atoms with E-state index in [0.29, 0.717) is 32.5 Å². The Morgan fingerprint density at radius 1 is 1.13 bits per heavy atom. The van der Waals surface area contributed by atoms with Crippen LogP contribution in [0, 0.1) is 5.92 Å². The number of hydrogen-bond acceptors (Lipinski definition) is 6. The van der Waals surface area contributed by atoms with Crippen LogP contribution < -0.4 is 10.1 Å². The van der Waals surface area contributed by atoms with Crippen molar-refractivity contribution in [1.29, 1.82) is 0 Å². The molecule has 2 fully saturated rings. The smallest absolute Gasteiger partial charge is 0.332 e. The Kier molecular flexibility index (Phi) is 12.5. The van der Waals surface area contributed by atoms with Crippen molar-refractivity contribution in [3.05, 3.63) is 55.1 Å². The average Bonchev–Trinajstić information content (AvgIpc) is 3.55. The summed E-state index contributed by atoms with van der Waals surface area (Å²) in [5, 5.41) is 2.96. The molecule has 1 heterocycles. The predicted molar refractivity (Wildman–Crippen MR) is 180 cm³/mol. The van der Waals surface area contributed by atoms with E-state index in [1.54, 1.807) is 25.0 Å². The fourth-order valence-electron chi connectivity index (χ4n) is 5.64. The second-order valence-corrected chi connectivity index (χ2v) is 18.6. The summed E-state index contributed by atoms with van der Waals surface area (Å²) in [5.74, 6) is -0.296. The van der Waals surface area contributed by atoms with Gasteiger partial charge in [0.2, 0.25) is 5.91 Å². The van der Waals surface area contributed by atoms with Crippen molar-refractivity contribution >= 4 is 26.2 Å². The SMILES string of the molecule is C=CCCCCCN(Cc1ccc(OC)cc1)C(=O)N1CC(O[Si](C)(C)C(C)(C)C)CC1C(=O)NC1(C(=O)OCC)CC1C=C. The van der Waals surface area contributed by atoms with Crippen molar-refractivity contribution in [2.24, 2.45) is 5.92 Å². The number of hydrogen-bond donors (Lipinski definition) is 1. The zero-order chi connectivity index (χ0) is 33.4. The molecule has 4 unspecified atom stereocenters. The highest BCUT2D eigenvalue weighted by atomic mass is 28.4. The van der Waals surface area contributed by atoms with Gasteiger partial charge < -0.3 is 29.0 Å². The number of urea groups is 1. The maximum Gasteiger partial charge on any atom is 0.332 e. The second-order valence-electron chi connectivity index (χ2n) is 13.8. The maximum atomic E-state index is 14.4. The summed E-state index contributed by atoms with van der Waals surface area (Å²) in [5.41, 5.74) is -0.173. The van der Waals surface area contributed by atoms with Gasteiger partial charge in [-0.05, 0) is 68.4 Å². The topological polar surface area (TPSA) is 97.4 Å². The summed E-state index contributed by atoms with van der Waals surface area (Å²) in [6, 6.07) is 6.69. The number of ether oxygens (including phenoxy) is 2. The number of allylic oxidation sites excluding steroid dienone is 1. The predicted octanol–water partition coefficient (Wildman–Crippen LogP) is 6.45. The van der Waals surface area contributed by atoms with Crippen LogP contribution in [0.4, 0.5) is 4.79 Å². The number of esters is 1. The summed E-state index contributed by atoms with van der Waals surface area (Å²) in [6.07, 6.45) is 7.82. The van der Waals surface area contributed by atoms with Crippen LogP contribution in [0.5, 0.6) is 5.75 Å². The third-order valence-corrected chi connectivity index (χ3v) is 14.0. The average molecular weight is 642 g/mol. The molecule has 1 N–H and O–H groups in total. The lowest BCUT2D eigenvalue weighted by molar-refractivity contribution is -0.149. The first-order chi connectivity index (χ1) is 21.2. The van der Waals surface area contributed by atoms with E-state index in [2.05, 4.69) is 52.3 Å². The number of methoxy groups -OCH3 is 1. The van der Waals surface area contributed by atoms with Gasteiger partial charge in [-0.25, -0.2) is 9.59 Å². The Bertz CT molecular complexity index is 1200. The zero-order valence-electron chi connectivity index (χ0n) is 28.5. The highest BCUT2D eigenvalue weighted by molar-refractivity contribution is 6.74. The number of nitrogens with one attached hydrogen (secondary N) is 1. The fourth-order valence-corrected chi connectivity index (χ4v) is 7.00. The Morgan fingerprint density at radius 3 is 2.38 bits per heavy atom. The number of nitrogens with zero attached hydrogens (tertiary/aromatic N) is 2. The fraction of sp³-hybridized carbons (Fsp3) is 0.629. The zero-order valence-corrected chi connectivity index (χ0v) is 29.5. The van der Waals surface area contributed by atoms with Crippen molar-refractivity contribution in [1.82, 2.24) is 15.1 Å². The van der Waals surface area contributed by atoms with Gasteiger partial charge in [-0.3, -0.25) is 4.79 Å². The van der Waals surface area contributed by atoms with Gasteiger partial charge in [-0.15, -0.1) is 13.2 Å². The number of likely N-dealkylation sites (tertiary alicyclic amines) is 1. The lowest BCUT2D eigenvalue weighted by Crippen LogP contribution is -2.55. The van der Waals surface area contributed by atoms with Crippen molar-refractivity contribution in [2.45, 2.75) is 109 Å². The number of benzene rings is 1. The molecule has 4 atom stereocenters. The van der Waals surface area contributed by atoms with E-state index in [9.17, 15) is 14.4 Å². The Labute approximate surface area is 271 Å². The number of unbranched alkanes of at least 4 members (excludes halogenated alkanes) is 3. The van der Waals surface area contributed by atoms with Crippen LogP contribution in [-0.2, 0) is 25.3 Å². The molecule has 0 bridgehead atoms. The molecular weight excluding hydrogens is 586 g/mol. The molecule has 3 rings (SSSR count). The first-order valence-electron chi connectivity index (χ1n) is 16.3. The number of amides is 3. The third-order valence-electron chi connectivity index (χ3n) is 9.50. The largest absolute Gasteiger partial charge is 0.497 e. The molecule has 0 radical (unpaired) electrons. The Hall–Kier alpha value is -3.11. The summed E-state index contributed by atoms with van der Waals surface area (Å²) < 4.78 is 17.4. The van der Waals surface area contributed by atoms with E-state index in [0.717, 1.165) is 37.0 Å². The van der Waals surface area contributed by atoms with E-state index < -0.39 is 25.9 Å². The van der Waals surface area contributed by atoms with Gasteiger partial charge in [0.05, 0.1) is 19.8 Å². The van der Waals surface area contributed by atoms with Crippen LogP contribution in [0.1, 0.15) is 71.8 Å². The molecule has 0 spiro atoms. The van der Waals surface area contributed by atoms with E-state index in [1.807, 2.05) is 35.2 Å². The molecule has 1 aromatic rings. The first kappa shape index (κ1) is 36.4. The van der Waals surface area contributed by atoms with Crippen LogP contribution in [0.15, 0.2) is 49.6 Å². The summed E-state index contributed by atoms with van der Waals surface area (Å²) in [4.78, 5) is 44.9. The van der Waals surface area contributed by atoms with Crippen molar-refractivity contribution in [3.63, 3.8) is 0 Å². The molecule has 1 aromatic carbocycles. The van der Waals surface area contributed by atoms with Crippen LogP contribution >= 0.6 is 0 Å². The first-order valence-corrected chi connectivity index (χ1v) is 19.2. The molecule has 1 aliphatic carbocycles. The molecule has 9 nitrogen and oxygen atoms in total. The molecule has 1 saturated carbocycles. The van der Waals surface area contributed by atoms with Crippen LogP contribution in [0.2, 0.25) is 18.1 Å². The van der Waals surface area contributed by atoms with E-state index >= 15 is 0 Å². The monoisotopic (exact) mass is 641 g/mol. The Morgan fingerprint density at radius 2 is 1.82 bits per heavy atom. The summed E-state index contributed by atoms with van der Waals surface area (Å²) >= 11 is 0. The van der Waals surface area contributed by atoms with Crippen molar-refractivity contribution in [2.75, 3.05) is 26.8 Å². The Balaban J connectivity index is 1.90. The van der Waals surface area contributed by atoms with Crippen molar-refractivity contribution < 1.29 is 28.3 Å². The van der Waals surface area contributed by atoms with Gasteiger partial charge in [0.15, 0.2) is 8.32 Å². The second kappa shape index (κ2) is 15.5. The molecular formula is C35H55N3O6Si. The minimum Gasteiger partial charge on any atom is -0.497 e. The molecule has 0 aromatic heterocycles. The number of carbonyl (C=O) groups is 3. The van der Waals surface area contributed by atoms with Gasteiger partial charge >= 0.3 is 12.0 Å². The van der Waals surface area contributed by atoms with Crippen LogP contribution in [0.3, 0.4) is 0 Å². The maximum absolute atomic E-state index is 14.4. The minimum absolute atomic E-state index is 0.0345. The molecule has 1 saturated heterocycles. The standard InChI is InChI=1S/C35H55N3O6Si/c1-10-13-14-15-16-21-37(24-26-17-19-28(42-7)20-18-26)33(41)38-25-29(44-45(8,9)34(4,5)6)22-30(38)31(39)36-35(23-27(35)11-2)32(40)43-12-3/h10-11,17-20,27,29-30H,1-2,12-16,21-25H2,3-9H3,(H,36,39). The highest BCUT2D eigenvalue weighted by Gasteiger charge is 2.62. The van der Waals surface area contributed by atoms with E-state index in [4.69, 9.17) is 13.9 Å². The third kappa shape index (κ3) is 9.00.